The Morgan fingerprint density at radius 3 is 2.40 bits per heavy atom. The fraction of sp³-hybridized carbons (Fsp3) is 0.500. The van der Waals surface area contributed by atoms with Crippen molar-refractivity contribution in [3.63, 3.8) is 0 Å². The van der Waals surface area contributed by atoms with E-state index in [1.54, 1.807) is 20.8 Å². The first-order chi connectivity index (χ1) is 6.91. The first kappa shape index (κ1) is 12.1. The zero-order chi connectivity index (χ0) is 11.6. The van der Waals surface area contributed by atoms with Gasteiger partial charge in [-0.15, -0.1) is 0 Å². The Hall–Kier alpha value is -0.960. The number of hydrogen-bond acceptors (Lipinski definition) is 1. The van der Waals surface area contributed by atoms with E-state index in [4.69, 9.17) is 0 Å². The molecule has 1 N–H and O–H groups in total. The highest BCUT2D eigenvalue weighted by Gasteiger charge is 2.33. The number of hydrogen-bond donors (Lipinski definition) is 1. The fourth-order valence-corrected chi connectivity index (χ4v) is 1.74. The van der Waals surface area contributed by atoms with Gasteiger partial charge in [0.1, 0.15) is 11.6 Å². The zero-order valence-corrected chi connectivity index (χ0v) is 9.22. The summed E-state index contributed by atoms with van der Waals surface area (Å²) in [4.78, 5) is 0. The van der Waals surface area contributed by atoms with Crippen LogP contribution in [0.15, 0.2) is 18.2 Å². The lowest BCUT2D eigenvalue weighted by atomic mass is 9.81. The van der Waals surface area contributed by atoms with E-state index in [1.165, 1.54) is 0 Å². The smallest absolute Gasteiger partial charge is 0.129 e. The molecule has 1 aromatic rings. The molecular formula is C12H16F2O. The third-order valence-electron chi connectivity index (χ3n) is 2.89. The highest BCUT2D eigenvalue weighted by atomic mass is 19.1. The Morgan fingerprint density at radius 1 is 1.33 bits per heavy atom. The van der Waals surface area contributed by atoms with Gasteiger partial charge in [-0.05, 0) is 30.5 Å². The Morgan fingerprint density at radius 2 is 1.93 bits per heavy atom. The molecule has 0 fully saturated rings. The fourth-order valence-electron chi connectivity index (χ4n) is 1.74. The summed E-state index contributed by atoms with van der Waals surface area (Å²) < 4.78 is 26.5. The summed E-state index contributed by atoms with van der Waals surface area (Å²) in [5, 5.41) is 10.3. The Labute approximate surface area is 88.7 Å². The van der Waals surface area contributed by atoms with E-state index < -0.39 is 17.2 Å². The zero-order valence-electron chi connectivity index (χ0n) is 9.22. The average Bonchev–Trinajstić information content (AvgIpc) is 2.20. The van der Waals surface area contributed by atoms with Crippen LogP contribution in [0.1, 0.15) is 32.8 Å². The van der Waals surface area contributed by atoms with Crippen molar-refractivity contribution in [2.75, 3.05) is 0 Å². The topological polar surface area (TPSA) is 20.2 Å². The summed E-state index contributed by atoms with van der Waals surface area (Å²) in [6, 6.07) is 3.17. The molecule has 0 saturated carbocycles. The van der Waals surface area contributed by atoms with Gasteiger partial charge in [-0.2, -0.15) is 0 Å². The average molecular weight is 214 g/mol. The van der Waals surface area contributed by atoms with Crippen LogP contribution in [0.25, 0.3) is 0 Å². The third kappa shape index (κ3) is 2.17. The van der Waals surface area contributed by atoms with E-state index in [0.29, 0.717) is 6.42 Å². The summed E-state index contributed by atoms with van der Waals surface area (Å²) in [5.41, 5.74) is -1.26. The Bertz CT molecular complexity index is 349. The van der Waals surface area contributed by atoms with E-state index in [2.05, 4.69) is 0 Å². The van der Waals surface area contributed by atoms with Crippen LogP contribution in [-0.4, -0.2) is 5.11 Å². The highest BCUT2D eigenvalue weighted by Crippen LogP contribution is 2.34. The molecule has 84 valence electrons. The molecule has 1 unspecified atom stereocenters. The van der Waals surface area contributed by atoms with Gasteiger partial charge in [0.05, 0.1) is 5.60 Å². The molecule has 0 aliphatic heterocycles. The van der Waals surface area contributed by atoms with E-state index in [1.807, 2.05) is 0 Å². The van der Waals surface area contributed by atoms with Crippen LogP contribution in [0, 0.1) is 17.6 Å². The molecule has 0 radical (unpaired) electrons. The molecule has 3 heteroatoms. The monoisotopic (exact) mass is 214 g/mol. The van der Waals surface area contributed by atoms with Crippen molar-refractivity contribution in [2.45, 2.75) is 32.8 Å². The first-order valence-electron chi connectivity index (χ1n) is 5.09. The summed E-state index contributed by atoms with van der Waals surface area (Å²) in [7, 11) is 0. The van der Waals surface area contributed by atoms with E-state index in [0.717, 1.165) is 18.2 Å². The van der Waals surface area contributed by atoms with Gasteiger partial charge in [0.15, 0.2) is 0 Å². The van der Waals surface area contributed by atoms with Crippen LogP contribution in [0.4, 0.5) is 8.78 Å². The van der Waals surface area contributed by atoms with Crippen molar-refractivity contribution in [2.24, 2.45) is 5.92 Å². The molecule has 15 heavy (non-hydrogen) atoms. The van der Waals surface area contributed by atoms with E-state index in [9.17, 15) is 13.9 Å². The highest BCUT2D eigenvalue weighted by molar-refractivity contribution is 5.25. The van der Waals surface area contributed by atoms with Gasteiger partial charge in [0.2, 0.25) is 0 Å². The molecule has 0 spiro atoms. The summed E-state index contributed by atoms with van der Waals surface area (Å²) in [6.45, 7) is 5.33. The normalized spacial score (nSPS) is 15.4. The number of benzene rings is 1. The Kier molecular flexibility index (Phi) is 3.45. The van der Waals surface area contributed by atoms with Crippen LogP contribution < -0.4 is 0 Å². The first-order valence-corrected chi connectivity index (χ1v) is 5.09. The molecular weight excluding hydrogens is 198 g/mol. The molecule has 0 saturated heterocycles. The van der Waals surface area contributed by atoms with Crippen molar-refractivity contribution in [3.8, 4) is 0 Å². The molecule has 1 nitrogen and oxygen atoms in total. The minimum Gasteiger partial charge on any atom is -0.385 e. The second-order valence-electron chi connectivity index (χ2n) is 4.06. The van der Waals surface area contributed by atoms with Gasteiger partial charge in [-0.1, -0.05) is 20.8 Å². The molecule has 0 amide bonds. The van der Waals surface area contributed by atoms with Crippen molar-refractivity contribution in [1.29, 1.82) is 0 Å². The van der Waals surface area contributed by atoms with Crippen LogP contribution in [0.2, 0.25) is 0 Å². The SMILES string of the molecule is CCC(O)(c1cc(F)ccc1F)C(C)C. The molecule has 0 heterocycles. The van der Waals surface area contributed by atoms with Crippen LogP contribution in [-0.2, 0) is 5.60 Å². The molecule has 1 aromatic carbocycles. The third-order valence-corrected chi connectivity index (χ3v) is 2.89. The van der Waals surface area contributed by atoms with Crippen LogP contribution in [0.3, 0.4) is 0 Å². The number of halogens is 2. The van der Waals surface area contributed by atoms with Crippen molar-refractivity contribution in [3.05, 3.63) is 35.4 Å². The molecule has 0 aromatic heterocycles. The predicted molar refractivity (Wildman–Crippen MR) is 55.4 cm³/mol. The molecule has 1 rings (SSSR count). The van der Waals surface area contributed by atoms with Crippen LogP contribution >= 0.6 is 0 Å². The molecule has 0 aliphatic rings. The van der Waals surface area contributed by atoms with E-state index in [-0.39, 0.29) is 11.5 Å². The predicted octanol–water partition coefficient (Wildman–Crippen LogP) is 3.22. The summed E-state index contributed by atoms with van der Waals surface area (Å²) >= 11 is 0. The van der Waals surface area contributed by atoms with Gasteiger partial charge in [0.25, 0.3) is 0 Å². The second-order valence-corrected chi connectivity index (χ2v) is 4.06. The summed E-state index contributed by atoms with van der Waals surface area (Å²) in [6.07, 6.45) is 0.352. The minimum atomic E-state index is -1.30. The van der Waals surface area contributed by atoms with Gasteiger partial charge >= 0.3 is 0 Å². The number of rotatable bonds is 3. The maximum absolute atomic E-state index is 13.5. The Balaban J connectivity index is 3.29. The summed E-state index contributed by atoms with van der Waals surface area (Å²) in [5.74, 6) is -1.26. The maximum Gasteiger partial charge on any atom is 0.129 e. The largest absolute Gasteiger partial charge is 0.385 e. The van der Waals surface area contributed by atoms with Crippen molar-refractivity contribution < 1.29 is 13.9 Å². The van der Waals surface area contributed by atoms with Crippen LogP contribution in [0.5, 0.6) is 0 Å². The lowest BCUT2D eigenvalue weighted by molar-refractivity contribution is -0.0173. The van der Waals surface area contributed by atoms with Crippen molar-refractivity contribution in [1.82, 2.24) is 0 Å². The van der Waals surface area contributed by atoms with E-state index >= 15 is 0 Å². The lowest BCUT2D eigenvalue weighted by Crippen LogP contribution is -2.32. The molecule has 0 bridgehead atoms. The van der Waals surface area contributed by atoms with Gasteiger partial charge in [0, 0.05) is 5.56 Å². The van der Waals surface area contributed by atoms with Gasteiger partial charge < -0.3 is 5.11 Å². The van der Waals surface area contributed by atoms with Gasteiger partial charge in [-0.25, -0.2) is 8.78 Å². The lowest BCUT2D eigenvalue weighted by Gasteiger charge is -2.31. The maximum atomic E-state index is 13.5. The van der Waals surface area contributed by atoms with Gasteiger partial charge in [-0.3, -0.25) is 0 Å². The number of aliphatic hydroxyl groups is 1. The standard InChI is InChI=1S/C12H16F2O/c1-4-12(15,8(2)3)10-7-9(13)5-6-11(10)14/h5-8,15H,4H2,1-3H3. The molecule has 0 aliphatic carbocycles. The van der Waals surface area contributed by atoms with Crippen molar-refractivity contribution >= 4 is 0 Å². The second kappa shape index (κ2) is 4.27. The molecule has 1 atom stereocenters. The quantitative estimate of drug-likeness (QED) is 0.819. The minimum absolute atomic E-state index is 0.0417.